The van der Waals surface area contributed by atoms with Crippen molar-refractivity contribution >= 4 is 21.6 Å². The van der Waals surface area contributed by atoms with E-state index in [-0.39, 0.29) is 12.6 Å². The molecule has 164 valence electrons. The van der Waals surface area contributed by atoms with E-state index < -0.39 is 22.0 Å². The summed E-state index contributed by atoms with van der Waals surface area (Å²) in [5, 5.41) is 2.81. The number of aryl methyl sites for hydroxylation is 1. The number of ether oxygens (including phenoxy) is 2. The highest BCUT2D eigenvalue weighted by atomic mass is 32.2. The maximum absolute atomic E-state index is 12.8. The van der Waals surface area contributed by atoms with Gasteiger partial charge in [0.25, 0.3) is 0 Å². The summed E-state index contributed by atoms with van der Waals surface area (Å²) in [7, 11) is -2.27. The van der Waals surface area contributed by atoms with Crippen molar-refractivity contribution in [2.75, 3.05) is 17.7 Å². The first-order chi connectivity index (χ1) is 14.0. The zero-order valence-electron chi connectivity index (χ0n) is 18.3. The van der Waals surface area contributed by atoms with E-state index in [1.54, 1.807) is 19.1 Å². The molecule has 0 spiro atoms. The molecule has 1 N–H and O–H groups in total. The molecule has 30 heavy (non-hydrogen) atoms. The molecule has 0 aliphatic carbocycles. The highest BCUT2D eigenvalue weighted by Crippen LogP contribution is 2.32. The van der Waals surface area contributed by atoms with Crippen molar-refractivity contribution in [2.45, 2.75) is 46.4 Å². The van der Waals surface area contributed by atoms with Crippen molar-refractivity contribution in [1.82, 2.24) is 5.32 Å². The van der Waals surface area contributed by atoms with E-state index in [9.17, 15) is 13.2 Å². The molecule has 7 nitrogen and oxygen atoms in total. The van der Waals surface area contributed by atoms with Crippen molar-refractivity contribution < 1.29 is 22.7 Å². The lowest BCUT2D eigenvalue weighted by atomic mass is 10.1. The second kappa shape index (κ2) is 9.84. The van der Waals surface area contributed by atoms with Gasteiger partial charge in [-0.3, -0.25) is 9.10 Å². The average molecular weight is 435 g/mol. The number of carbonyl (C=O) groups excluding carboxylic acids is 1. The van der Waals surface area contributed by atoms with Crippen LogP contribution in [0.1, 0.15) is 31.9 Å². The summed E-state index contributed by atoms with van der Waals surface area (Å²) in [5.74, 6) is 0.723. The van der Waals surface area contributed by atoms with Gasteiger partial charge in [0.05, 0.1) is 25.2 Å². The van der Waals surface area contributed by atoms with E-state index in [1.807, 2.05) is 51.1 Å². The van der Waals surface area contributed by atoms with Crippen LogP contribution in [0.2, 0.25) is 0 Å². The predicted octanol–water partition coefficient (Wildman–Crippen LogP) is 3.26. The maximum Gasteiger partial charge on any atom is 0.243 e. The van der Waals surface area contributed by atoms with E-state index in [4.69, 9.17) is 9.47 Å². The van der Waals surface area contributed by atoms with Crippen LogP contribution in [0.5, 0.6) is 11.5 Å². The van der Waals surface area contributed by atoms with Gasteiger partial charge in [-0.2, -0.15) is 0 Å². The Morgan fingerprint density at radius 1 is 1.10 bits per heavy atom. The minimum absolute atomic E-state index is 0.0805. The zero-order valence-corrected chi connectivity index (χ0v) is 19.1. The Bertz CT molecular complexity index is 972. The third-order valence-electron chi connectivity index (χ3n) is 4.42. The summed E-state index contributed by atoms with van der Waals surface area (Å²) in [6.45, 7) is 7.57. The standard InChI is InChI=1S/C22H30N2O5S/c1-15(2)29-19-10-8-18(9-11-19)14-23-22(25)17(4)24(30(6,26)27)20-13-16(3)7-12-21(20)28-5/h7-13,15,17H,14H2,1-6H3,(H,23,25)/t17-/m0/s1. The number of anilines is 1. The molecule has 0 unspecified atom stereocenters. The smallest absolute Gasteiger partial charge is 0.243 e. The number of hydrogen-bond acceptors (Lipinski definition) is 5. The summed E-state index contributed by atoms with van der Waals surface area (Å²) in [4.78, 5) is 12.8. The van der Waals surface area contributed by atoms with Crippen LogP contribution in [0.3, 0.4) is 0 Å². The van der Waals surface area contributed by atoms with Gasteiger partial charge in [0.2, 0.25) is 15.9 Å². The Balaban J connectivity index is 2.18. The minimum Gasteiger partial charge on any atom is -0.495 e. The molecule has 0 fully saturated rings. The van der Waals surface area contributed by atoms with Crippen LogP contribution >= 0.6 is 0 Å². The Morgan fingerprint density at radius 3 is 2.27 bits per heavy atom. The Hall–Kier alpha value is -2.74. The second-order valence-corrected chi connectivity index (χ2v) is 9.30. The number of benzene rings is 2. The molecule has 0 radical (unpaired) electrons. The monoisotopic (exact) mass is 434 g/mol. The molecule has 0 heterocycles. The van der Waals surface area contributed by atoms with E-state index in [0.29, 0.717) is 11.4 Å². The van der Waals surface area contributed by atoms with Crippen LogP contribution in [0.15, 0.2) is 42.5 Å². The van der Waals surface area contributed by atoms with Gasteiger partial charge in [-0.15, -0.1) is 0 Å². The number of rotatable bonds is 9. The summed E-state index contributed by atoms with van der Waals surface area (Å²) in [6, 6.07) is 11.6. The van der Waals surface area contributed by atoms with Gasteiger partial charge in [0.15, 0.2) is 0 Å². The third kappa shape index (κ3) is 6.13. The highest BCUT2D eigenvalue weighted by Gasteiger charge is 2.31. The summed E-state index contributed by atoms with van der Waals surface area (Å²) in [6.07, 6.45) is 1.16. The largest absolute Gasteiger partial charge is 0.495 e. The fourth-order valence-electron chi connectivity index (χ4n) is 3.05. The molecule has 0 bridgehead atoms. The van der Waals surface area contributed by atoms with E-state index in [0.717, 1.165) is 27.4 Å². The highest BCUT2D eigenvalue weighted by molar-refractivity contribution is 7.92. The third-order valence-corrected chi connectivity index (χ3v) is 5.65. The van der Waals surface area contributed by atoms with Crippen LogP contribution < -0.4 is 19.1 Å². The number of sulfonamides is 1. The van der Waals surface area contributed by atoms with Gasteiger partial charge >= 0.3 is 0 Å². The van der Waals surface area contributed by atoms with Crippen molar-refractivity contribution in [3.63, 3.8) is 0 Å². The molecule has 8 heteroatoms. The summed E-state index contributed by atoms with van der Waals surface area (Å²) < 4.78 is 37.1. The molecule has 1 amide bonds. The Kier molecular flexibility index (Phi) is 7.72. The molecular formula is C22H30N2O5S. The SMILES string of the molecule is COc1ccc(C)cc1N([C@@H](C)C(=O)NCc1ccc(OC(C)C)cc1)S(C)(=O)=O. The van der Waals surface area contributed by atoms with E-state index in [2.05, 4.69) is 5.32 Å². The minimum atomic E-state index is -3.74. The number of nitrogens with one attached hydrogen (secondary N) is 1. The normalized spacial score (nSPS) is 12.4. The molecule has 1 atom stereocenters. The lowest BCUT2D eigenvalue weighted by Gasteiger charge is -2.29. The number of amides is 1. The molecule has 2 aromatic rings. The van der Waals surface area contributed by atoms with Crippen molar-refractivity contribution in [3.05, 3.63) is 53.6 Å². The topological polar surface area (TPSA) is 84.9 Å². The zero-order chi connectivity index (χ0) is 22.5. The van der Waals surface area contributed by atoms with Crippen molar-refractivity contribution in [1.29, 1.82) is 0 Å². The van der Waals surface area contributed by atoms with Crippen molar-refractivity contribution in [3.8, 4) is 11.5 Å². The Labute approximate surface area is 179 Å². The quantitative estimate of drug-likeness (QED) is 0.655. The van der Waals surface area contributed by atoms with Gasteiger partial charge in [0, 0.05) is 6.54 Å². The molecule has 0 aliphatic rings. The first-order valence-electron chi connectivity index (χ1n) is 9.70. The van der Waals surface area contributed by atoms with Crippen LogP contribution in [0, 0.1) is 6.92 Å². The first kappa shape index (κ1) is 23.5. The van der Waals surface area contributed by atoms with Gasteiger partial charge in [-0.1, -0.05) is 18.2 Å². The van der Waals surface area contributed by atoms with Gasteiger partial charge < -0.3 is 14.8 Å². The van der Waals surface area contributed by atoms with E-state index in [1.165, 1.54) is 7.11 Å². The van der Waals surface area contributed by atoms with Crippen LogP contribution in [-0.2, 0) is 21.4 Å². The molecular weight excluding hydrogens is 404 g/mol. The number of methoxy groups -OCH3 is 1. The summed E-state index contributed by atoms with van der Waals surface area (Å²) in [5.41, 5.74) is 2.07. The molecule has 2 rings (SSSR count). The average Bonchev–Trinajstić information content (AvgIpc) is 2.66. The molecule has 0 aliphatic heterocycles. The van der Waals surface area contributed by atoms with Crippen LogP contribution in [0.25, 0.3) is 0 Å². The number of hydrogen-bond donors (Lipinski definition) is 1. The van der Waals surface area contributed by atoms with E-state index >= 15 is 0 Å². The first-order valence-corrected chi connectivity index (χ1v) is 11.5. The maximum atomic E-state index is 12.8. The number of carbonyl (C=O) groups is 1. The van der Waals surface area contributed by atoms with Gasteiger partial charge in [-0.25, -0.2) is 8.42 Å². The van der Waals surface area contributed by atoms with Crippen LogP contribution in [0.4, 0.5) is 5.69 Å². The van der Waals surface area contributed by atoms with Gasteiger partial charge in [0.1, 0.15) is 17.5 Å². The molecule has 0 saturated heterocycles. The fourth-order valence-corrected chi connectivity index (χ4v) is 4.22. The van der Waals surface area contributed by atoms with Crippen molar-refractivity contribution in [2.24, 2.45) is 0 Å². The lowest BCUT2D eigenvalue weighted by molar-refractivity contribution is -0.122. The lowest BCUT2D eigenvalue weighted by Crippen LogP contribution is -2.47. The number of nitrogens with zero attached hydrogens (tertiary/aromatic N) is 1. The molecule has 0 saturated carbocycles. The van der Waals surface area contributed by atoms with Crippen LogP contribution in [-0.4, -0.2) is 39.8 Å². The predicted molar refractivity (Wildman–Crippen MR) is 119 cm³/mol. The Morgan fingerprint density at radius 2 is 1.73 bits per heavy atom. The summed E-state index contributed by atoms with van der Waals surface area (Å²) >= 11 is 0. The molecule has 2 aromatic carbocycles. The van der Waals surface area contributed by atoms with Gasteiger partial charge in [-0.05, 0) is 63.1 Å². The fraction of sp³-hybridized carbons (Fsp3) is 0.409. The molecule has 0 aromatic heterocycles. The second-order valence-electron chi connectivity index (χ2n) is 7.44.